The van der Waals surface area contributed by atoms with E-state index in [2.05, 4.69) is 5.32 Å². The van der Waals surface area contributed by atoms with Crippen LogP contribution in [0, 0.1) is 0 Å². The molecule has 3 rings (SSSR count). The van der Waals surface area contributed by atoms with E-state index in [9.17, 15) is 22.8 Å². The minimum Gasteiger partial charge on any atom is -0.357 e. The number of halogens is 2. The number of benzene rings is 2. The average Bonchev–Trinajstić information content (AvgIpc) is 2.97. The first kappa shape index (κ1) is 24.0. The molecule has 2 aromatic carbocycles. The topological polar surface area (TPSA) is 104 Å². The van der Waals surface area contributed by atoms with Crippen LogP contribution in [0.1, 0.15) is 29.3 Å². The molecule has 11 heteroatoms. The van der Waals surface area contributed by atoms with E-state index in [4.69, 9.17) is 23.2 Å². The van der Waals surface area contributed by atoms with Crippen LogP contribution < -0.4 is 5.32 Å². The Bertz CT molecular complexity index is 1190. The molecular weight excluding hydrogens is 477 g/mol. The summed E-state index contributed by atoms with van der Waals surface area (Å²) in [6.07, 6.45) is -0.290. The van der Waals surface area contributed by atoms with E-state index in [-0.39, 0.29) is 30.0 Å². The predicted molar refractivity (Wildman–Crippen MR) is 120 cm³/mol. The maximum Gasteiger partial charge on any atom is 0.269 e. The summed E-state index contributed by atoms with van der Waals surface area (Å²) in [6, 6.07) is 9.90. The van der Waals surface area contributed by atoms with Crippen LogP contribution in [0.3, 0.4) is 0 Å². The van der Waals surface area contributed by atoms with E-state index in [0.717, 1.165) is 0 Å². The van der Waals surface area contributed by atoms with Crippen molar-refractivity contribution in [3.8, 4) is 0 Å². The second-order valence-corrected chi connectivity index (χ2v) is 9.83. The van der Waals surface area contributed by atoms with Crippen molar-refractivity contribution in [2.75, 3.05) is 13.6 Å². The number of nitrogens with zero attached hydrogens (tertiary/aromatic N) is 2. The third kappa shape index (κ3) is 4.60. The lowest BCUT2D eigenvalue weighted by Crippen LogP contribution is -2.47. The lowest BCUT2D eigenvalue weighted by Gasteiger charge is -2.29. The van der Waals surface area contributed by atoms with Gasteiger partial charge in [-0.25, -0.2) is 12.7 Å². The van der Waals surface area contributed by atoms with Crippen molar-refractivity contribution in [2.24, 2.45) is 0 Å². The Hall–Kier alpha value is -2.62. The van der Waals surface area contributed by atoms with Crippen LogP contribution in [0.5, 0.6) is 0 Å². The van der Waals surface area contributed by atoms with Gasteiger partial charge >= 0.3 is 0 Å². The number of nitrogens with one attached hydrogen (secondary N) is 1. The smallest absolute Gasteiger partial charge is 0.269 e. The molecule has 0 aromatic heterocycles. The Labute approximate surface area is 196 Å². The highest BCUT2D eigenvalue weighted by atomic mass is 35.5. The van der Waals surface area contributed by atoms with E-state index in [1.165, 1.54) is 30.1 Å². The number of carbonyl (C=O) groups is 3. The second kappa shape index (κ2) is 9.48. The van der Waals surface area contributed by atoms with Gasteiger partial charge in [0.05, 0.1) is 15.6 Å². The predicted octanol–water partition coefficient (Wildman–Crippen LogP) is 2.69. The largest absolute Gasteiger partial charge is 0.357 e. The molecule has 170 valence electrons. The quantitative estimate of drug-likeness (QED) is 0.633. The van der Waals surface area contributed by atoms with Gasteiger partial charge in [-0.15, -0.1) is 0 Å². The maximum atomic E-state index is 13.1. The fourth-order valence-corrected chi connectivity index (χ4v) is 5.31. The van der Waals surface area contributed by atoms with Crippen molar-refractivity contribution in [3.05, 3.63) is 63.6 Å². The number of fused-ring (bicyclic) bond motifs is 1. The van der Waals surface area contributed by atoms with Gasteiger partial charge in [0.15, 0.2) is 0 Å². The summed E-state index contributed by atoms with van der Waals surface area (Å²) in [4.78, 5) is 39.1. The highest BCUT2D eigenvalue weighted by Crippen LogP contribution is 2.30. The molecule has 0 saturated heterocycles. The van der Waals surface area contributed by atoms with Crippen molar-refractivity contribution in [2.45, 2.75) is 30.8 Å². The third-order valence-corrected chi connectivity index (χ3v) is 7.77. The second-order valence-electron chi connectivity index (χ2n) is 7.19. The van der Waals surface area contributed by atoms with Crippen molar-refractivity contribution >= 4 is 50.9 Å². The zero-order valence-corrected chi connectivity index (χ0v) is 19.7. The Morgan fingerprint density at radius 2 is 1.81 bits per heavy atom. The van der Waals surface area contributed by atoms with Crippen LogP contribution in [-0.4, -0.2) is 55.0 Å². The molecule has 0 fully saturated rings. The highest BCUT2D eigenvalue weighted by molar-refractivity contribution is 7.90. The number of likely N-dealkylation sites (N-methyl/N-ethyl adjacent to an activating group) is 1. The zero-order valence-electron chi connectivity index (χ0n) is 17.3. The number of hydrogen-bond donors (Lipinski definition) is 1. The van der Waals surface area contributed by atoms with Gasteiger partial charge in [0, 0.05) is 26.6 Å². The molecule has 1 heterocycles. The van der Waals surface area contributed by atoms with Gasteiger partial charge in [-0.2, -0.15) is 0 Å². The summed E-state index contributed by atoms with van der Waals surface area (Å²) in [7, 11) is -2.57. The summed E-state index contributed by atoms with van der Waals surface area (Å²) in [5.41, 5.74) is 0.715. The molecule has 1 aliphatic rings. The minimum atomic E-state index is -4.03. The van der Waals surface area contributed by atoms with Gasteiger partial charge < -0.3 is 10.2 Å². The first-order chi connectivity index (χ1) is 15.1. The van der Waals surface area contributed by atoms with Crippen LogP contribution in [0.15, 0.2) is 47.4 Å². The SMILES string of the molecule is CNC(=O)C(C)N(Cc1ccc(Cl)c(Cl)c1)C(=O)CCN1C(=O)c2ccccc2S1(=O)=O. The summed E-state index contributed by atoms with van der Waals surface area (Å²) >= 11 is 12.0. The molecule has 1 atom stereocenters. The summed E-state index contributed by atoms with van der Waals surface area (Å²) in [6.45, 7) is 1.26. The summed E-state index contributed by atoms with van der Waals surface area (Å²) in [5.74, 6) is -1.56. The van der Waals surface area contributed by atoms with Crippen molar-refractivity contribution < 1.29 is 22.8 Å². The molecule has 0 aliphatic carbocycles. The van der Waals surface area contributed by atoms with E-state index in [0.29, 0.717) is 19.9 Å². The molecular formula is C21H21Cl2N3O5S. The summed E-state index contributed by atoms with van der Waals surface area (Å²) < 4.78 is 26.1. The minimum absolute atomic E-state index is 0.0469. The molecule has 0 bridgehead atoms. The number of rotatable bonds is 7. The molecule has 32 heavy (non-hydrogen) atoms. The Kier molecular flexibility index (Phi) is 7.12. The fraction of sp³-hybridized carbons (Fsp3) is 0.286. The van der Waals surface area contributed by atoms with Crippen LogP contribution in [0.2, 0.25) is 10.0 Å². The fourth-order valence-electron chi connectivity index (χ4n) is 3.42. The Morgan fingerprint density at radius 1 is 1.12 bits per heavy atom. The number of sulfonamides is 1. The van der Waals surface area contributed by atoms with Crippen LogP contribution in [0.25, 0.3) is 0 Å². The normalized spacial score (nSPS) is 15.2. The van der Waals surface area contributed by atoms with Gasteiger partial charge in [0.2, 0.25) is 11.8 Å². The average molecular weight is 498 g/mol. The lowest BCUT2D eigenvalue weighted by molar-refractivity contribution is -0.140. The van der Waals surface area contributed by atoms with Gasteiger partial charge in [-0.05, 0) is 36.8 Å². The van der Waals surface area contributed by atoms with Crippen LogP contribution >= 0.6 is 23.2 Å². The van der Waals surface area contributed by atoms with Gasteiger partial charge in [0.25, 0.3) is 15.9 Å². The first-order valence-corrected chi connectivity index (χ1v) is 11.9. The van der Waals surface area contributed by atoms with E-state index in [1.54, 1.807) is 31.2 Å². The van der Waals surface area contributed by atoms with Crippen molar-refractivity contribution in [3.63, 3.8) is 0 Å². The molecule has 1 unspecified atom stereocenters. The van der Waals surface area contributed by atoms with Crippen LogP contribution in [-0.2, 0) is 26.2 Å². The molecule has 0 saturated carbocycles. The molecule has 8 nitrogen and oxygen atoms in total. The monoisotopic (exact) mass is 497 g/mol. The van der Waals surface area contributed by atoms with Crippen molar-refractivity contribution in [1.29, 1.82) is 0 Å². The maximum absolute atomic E-state index is 13.1. The molecule has 0 radical (unpaired) electrons. The number of carbonyl (C=O) groups excluding carboxylic acids is 3. The van der Waals surface area contributed by atoms with Gasteiger partial charge in [-0.3, -0.25) is 14.4 Å². The molecule has 3 amide bonds. The highest BCUT2D eigenvalue weighted by Gasteiger charge is 2.41. The number of amides is 3. The van der Waals surface area contributed by atoms with Crippen LogP contribution in [0.4, 0.5) is 0 Å². The molecule has 0 spiro atoms. The molecule has 1 aliphatic heterocycles. The van der Waals surface area contributed by atoms with E-state index >= 15 is 0 Å². The van der Waals surface area contributed by atoms with E-state index < -0.39 is 33.8 Å². The zero-order chi connectivity index (χ0) is 23.6. The lowest BCUT2D eigenvalue weighted by atomic mass is 10.1. The third-order valence-electron chi connectivity index (χ3n) is 5.19. The molecule has 1 N–H and O–H groups in total. The van der Waals surface area contributed by atoms with E-state index in [1.807, 2.05) is 0 Å². The standard InChI is InChI=1S/C21H21Cl2N3O5S/c1-13(20(28)24-2)25(12-14-7-8-16(22)17(23)11-14)19(27)9-10-26-21(29)15-5-3-4-6-18(15)32(26,30)31/h3-8,11,13H,9-10,12H2,1-2H3,(H,24,28). The van der Waals surface area contributed by atoms with Gasteiger partial charge in [-0.1, -0.05) is 41.4 Å². The molecule has 2 aromatic rings. The number of hydrogen-bond acceptors (Lipinski definition) is 5. The Balaban J connectivity index is 1.80. The van der Waals surface area contributed by atoms with Gasteiger partial charge in [0.1, 0.15) is 10.9 Å². The first-order valence-electron chi connectivity index (χ1n) is 9.69. The summed E-state index contributed by atoms with van der Waals surface area (Å²) in [5, 5.41) is 3.15. The Morgan fingerprint density at radius 3 is 2.44 bits per heavy atom. The van der Waals surface area contributed by atoms with Crippen molar-refractivity contribution in [1.82, 2.24) is 14.5 Å².